The summed E-state index contributed by atoms with van der Waals surface area (Å²) in [6.07, 6.45) is 2.68. The second kappa shape index (κ2) is 7.91. The molecule has 1 aromatic heterocycles. The Morgan fingerprint density at radius 3 is 2.64 bits per heavy atom. The molecule has 2 rings (SSSR count). The molecule has 0 amide bonds. The summed E-state index contributed by atoms with van der Waals surface area (Å²) in [5.74, 6) is -1.15. The number of hydrogen-bond acceptors (Lipinski definition) is 8. The fourth-order valence-corrected chi connectivity index (χ4v) is 2.26. The first-order valence-electron chi connectivity index (χ1n) is 7.28. The van der Waals surface area contributed by atoms with E-state index in [1.165, 1.54) is 14.2 Å². The Labute approximate surface area is 144 Å². The molecule has 4 N–H and O–H groups in total. The number of aliphatic imine (C=N–C) groups is 1. The van der Waals surface area contributed by atoms with Gasteiger partial charge in [-0.05, 0) is 17.7 Å². The zero-order chi connectivity index (χ0) is 18.4. The maximum absolute atomic E-state index is 11.9. The predicted molar refractivity (Wildman–Crippen MR) is 92.7 cm³/mol. The van der Waals surface area contributed by atoms with Gasteiger partial charge < -0.3 is 20.9 Å². The van der Waals surface area contributed by atoms with Crippen molar-refractivity contribution in [3.05, 3.63) is 53.5 Å². The first-order valence-corrected chi connectivity index (χ1v) is 7.28. The van der Waals surface area contributed by atoms with Crippen LogP contribution in [-0.2, 0) is 20.8 Å². The molecule has 0 aliphatic carbocycles. The molecule has 1 heterocycles. The molecule has 0 radical (unpaired) electrons. The number of rotatable bonds is 5. The van der Waals surface area contributed by atoms with Gasteiger partial charge in [-0.3, -0.25) is 9.98 Å². The third-order valence-corrected chi connectivity index (χ3v) is 3.50. The number of aromatic nitrogens is 1. The largest absolute Gasteiger partial charge is 0.465 e. The van der Waals surface area contributed by atoms with Gasteiger partial charge in [-0.25, -0.2) is 9.59 Å². The fourth-order valence-electron chi connectivity index (χ4n) is 2.26. The van der Waals surface area contributed by atoms with Crippen LogP contribution in [0, 0.1) is 0 Å². The van der Waals surface area contributed by atoms with Crippen molar-refractivity contribution in [1.82, 2.24) is 4.98 Å². The van der Waals surface area contributed by atoms with Crippen LogP contribution in [0.3, 0.4) is 0 Å². The number of hydrogen-bond donors (Lipinski definition) is 2. The van der Waals surface area contributed by atoms with Crippen molar-refractivity contribution in [2.75, 3.05) is 14.2 Å². The maximum atomic E-state index is 11.9. The third-order valence-electron chi connectivity index (χ3n) is 3.50. The summed E-state index contributed by atoms with van der Waals surface area (Å²) in [6, 6.07) is 6.80. The quantitative estimate of drug-likeness (QED) is 0.609. The Bertz CT molecular complexity index is 874. The molecule has 0 aliphatic rings. The number of carbonyl (C=O) groups excluding carboxylic acids is 2. The maximum Gasteiger partial charge on any atom is 0.358 e. The van der Waals surface area contributed by atoms with Gasteiger partial charge in [-0.2, -0.15) is 0 Å². The molecular weight excluding hydrogens is 324 g/mol. The van der Waals surface area contributed by atoms with Crippen molar-refractivity contribution in [2.24, 2.45) is 16.5 Å². The van der Waals surface area contributed by atoms with Crippen molar-refractivity contribution < 1.29 is 19.1 Å². The van der Waals surface area contributed by atoms with Crippen molar-refractivity contribution in [3.8, 4) is 0 Å². The lowest BCUT2D eigenvalue weighted by atomic mass is 10.0. The minimum atomic E-state index is -0.692. The van der Waals surface area contributed by atoms with Crippen LogP contribution >= 0.6 is 0 Å². The smallest absolute Gasteiger partial charge is 0.358 e. The first kappa shape index (κ1) is 17.9. The lowest BCUT2D eigenvalue weighted by molar-refractivity contribution is -0.132. The van der Waals surface area contributed by atoms with E-state index in [4.69, 9.17) is 16.2 Å². The fraction of sp³-hybridized carbons (Fsp3) is 0.176. The van der Waals surface area contributed by atoms with Gasteiger partial charge >= 0.3 is 11.9 Å². The number of fused-ring (bicyclic) bond motifs is 1. The van der Waals surface area contributed by atoms with E-state index in [2.05, 4.69) is 14.7 Å². The minimum Gasteiger partial charge on any atom is -0.465 e. The SMILES string of the molecule is COC(=O)C(=NCc1ccc(C(=O)OC)c2cccnc12)/C(N)=C\N. The van der Waals surface area contributed by atoms with Crippen molar-refractivity contribution in [2.45, 2.75) is 6.54 Å². The molecule has 8 heteroatoms. The van der Waals surface area contributed by atoms with Gasteiger partial charge in [0.1, 0.15) is 0 Å². The van der Waals surface area contributed by atoms with Gasteiger partial charge in [0, 0.05) is 17.8 Å². The average molecular weight is 342 g/mol. The molecule has 0 atom stereocenters. The summed E-state index contributed by atoms with van der Waals surface area (Å²) in [5.41, 5.74) is 12.6. The Balaban J connectivity index is 2.50. The summed E-state index contributed by atoms with van der Waals surface area (Å²) in [5, 5.41) is 0.629. The molecule has 25 heavy (non-hydrogen) atoms. The van der Waals surface area contributed by atoms with E-state index in [1.807, 2.05) is 0 Å². The number of benzene rings is 1. The van der Waals surface area contributed by atoms with Gasteiger partial charge in [0.05, 0.1) is 37.5 Å². The molecule has 8 nitrogen and oxygen atoms in total. The number of nitrogens with two attached hydrogens (primary N) is 2. The normalized spacial score (nSPS) is 12.1. The molecule has 0 saturated carbocycles. The second-order valence-electron chi connectivity index (χ2n) is 4.94. The van der Waals surface area contributed by atoms with Gasteiger partial charge in [0.2, 0.25) is 0 Å². The predicted octanol–water partition coefficient (Wildman–Crippen LogP) is 0.894. The van der Waals surface area contributed by atoms with Crippen molar-refractivity contribution >= 4 is 28.6 Å². The Morgan fingerprint density at radius 2 is 2.00 bits per heavy atom. The summed E-state index contributed by atoms with van der Waals surface area (Å²) in [7, 11) is 2.54. The molecule has 0 fully saturated rings. The molecule has 0 unspecified atom stereocenters. The van der Waals surface area contributed by atoms with E-state index in [-0.39, 0.29) is 18.0 Å². The van der Waals surface area contributed by atoms with Crippen LogP contribution in [0.25, 0.3) is 10.9 Å². The van der Waals surface area contributed by atoms with E-state index in [0.717, 1.165) is 6.20 Å². The number of methoxy groups -OCH3 is 2. The molecule has 1 aromatic carbocycles. The summed E-state index contributed by atoms with van der Waals surface area (Å²) in [6.45, 7) is 0.105. The monoisotopic (exact) mass is 342 g/mol. The van der Waals surface area contributed by atoms with Crippen LogP contribution in [0.15, 0.2) is 47.4 Å². The third kappa shape index (κ3) is 3.74. The second-order valence-corrected chi connectivity index (χ2v) is 4.94. The van der Waals surface area contributed by atoms with E-state index >= 15 is 0 Å². The lowest BCUT2D eigenvalue weighted by Crippen LogP contribution is -2.24. The van der Waals surface area contributed by atoms with E-state index in [1.54, 1.807) is 30.5 Å². The topological polar surface area (TPSA) is 130 Å². The first-order chi connectivity index (χ1) is 12.0. The van der Waals surface area contributed by atoms with Crippen LogP contribution in [-0.4, -0.2) is 36.9 Å². The summed E-state index contributed by atoms with van der Waals surface area (Å²) in [4.78, 5) is 32.2. The van der Waals surface area contributed by atoms with Gasteiger partial charge in [0.15, 0.2) is 5.71 Å². The van der Waals surface area contributed by atoms with Crippen LogP contribution in [0.5, 0.6) is 0 Å². The summed E-state index contributed by atoms with van der Waals surface area (Å²) >= 11 is 0. The number of carbonyl (C=O) groups is 2. The Hall–Kier alpha value is -3.42. The molecule has 0 spiro atoms. The average Bonchev–Trinajstić information content (AvgIpc) is 2.66. The van der Waals surface area contributed by atoms with Crippen molar-refractivity contribution in [1.29, 1.82) is 0 Å². The van der Waals surface area contributed by atoms with Gasteiger partial charge in [-0.1, -0.05) is 12.1 Å². The van der Waals surface area contributed by atoms with Crippen LogP contribution in [0.1, 0.15) is 15.9 Å². The standard InChI is InChI=1S/C17H18N4O4/c1-24-16(22)12-6-5-10(14-11(12)4-3-7-20-14)9-21-15(13(19)8-18)17(23)25-2/h3-8H,9,18-19H2,1-2H3/b13-8+,21-15?. The van der Waals surface area contributed by atoms with Crippen LogP contribution in [0.4, 0.5) is 0 Å². The molecule has 0 bridgehead atoms. The molecule has 0 aliphatic heterocycles. The number of esters is 2. The summed E-state index contributed by atoms with van der Waals surface area (Å²) < 4.78 is 9.43. The highest BCUT2D eigenvalue weighted by molar-refractivity contribution is 6.42. The molecule has 0 saturated heterocycles. The Morgan fingerprint density at radius 1 is 1.24 bits per heavy atom. The highest BCUT2D eigenvalue weighted by atomic mass is 16.5. The van der Waals surface area contributed by atoms with E-state index < -0.39 is 11.9 Å². The van der Waals surface area contributed by atoms with Crippen LogP contribution < -0.4 is 11.5 Å². The zero-order valence-corrected chi connectivity index (χ0v) is 13.9. The number of nitrogens with zero attached hydrogens (tertiary/aromatic N) is 2. The molecular formula is C17H18N4O4. The van der Waals surface area contributed by atoms with E-state index in [0.29, 0.717) is 22.0 Å². The molecule has 2 aromatic rings. The highest BCUT2D eigenvalue weighted by Crippen LogP contribution is 2.22. The number of ether oxygens (including phenoxy) is 2. The number of pyridine rings is 1. The molecule has 130 valence electrons. The highest BCUT2D eigenvalue weighted by Gasteiger charge is 2.16. The van der Waals surface area contributed by atoms with Crippen LogP contribution in [0.2, 0.25) is 0 Å². The Kier molecular flexibility index (Phi) is 5.67. The zero-order valence-electron chi connectivity index (χ0n) is 13.9. The van der Waals surface area contributed by atoms with Gasteiger partial charge in [-0.15, -0.1) is 0 Å². The van der Waals surface area contributed by atoms with Gasteiger partial charge in [0.25, 0.3) is 0 Å². The van der Waals surface area contributed by atoms with E-state index in [9.17, 15) is 9.59 Å². The minimum absolute atomic E-state index is 0.00953. The lowest BCUT2D eigenvalue weighted by Gasteiger charge is -2.09. The van der Waals surface area contributed by atoms with Crippen molar-refractivity contribution in [3.63, 3.8) is 0 Å².